The van der Waals surface area contributed by atoms with Gasteiger partial charge in [-0.2, -0.15) is 5.26 Å². The first-order valence-corrected chi connectivity index (χ1v) is 5.75. The molecule has 2 amide bonds. The summed E-state index contributed by atoms with van der Waals surface area (Å²) in [6, 6.07) is 1.90. The Morgan fingerprint density at radius 2 is 2.12 bits per heavy atom. The first kappa shape index (κ1) is 13.2. The van der Waals surface area contributed by atoms with E-state index in [4.69, 9.17) is 5.26 Å². The Hall–Kier alpha value is -1.83. The van der Waals surface area contributed by atoms with Gasteiger partial charge in [0.2, 0.25) is 11.8 Å². The number of nitrogens with zero attached hydrogens (tertiary/aromatic N) is 2. The highest BCUT2D eigenvalue weighted by Gasteiger charge is 2.22. The minimum atomic E-state index is -0.231. The van der Waals surface area contributed by atoms with E-state index in [1.54, 1.807) is 17.1 Å². The molecule has 1 aliphatic rings. The van der Waals surface area contributed by atoms with Crippen molar-refractivity contribution in [2.75, 3.05) is 13.1 Å². The van der Waals surface area contributed by atoms with Crippen LogP contribution in [0.4, 0.5) is 0 Å². The molecule has 0 radical (unpaired) electrons. The van der Waals surface area contributed by atoms with Crippen molar-refractivity contribution in [1.82, 2.24) is 10.2 Å². The van der Waals surface area contributed by atoms with Gasteiger partial charge >= 0.3 is 0 Å². The lowest BCUT2D eigenvalue weighted by molar-refractivity contribution is -0.127. The second kappa shape index (κ2) is 6.69. The number of likely N-dealkylation sites (tertiary alicyclic amines) is 1. The quantitative estimate of drug-likeness (QED) is 0.727. The number of hydrogen-bond acceptors (Lipinski definition) is 3. The van der Waals surface area contributed by atoms with Crippen molar-refractivity contribution in [3.05, 3.63) is 12.2 Å². The van der Waals surface area contributed by atoms with Crippen molar-refractivity contribution >= 4 is 11.8 Å². The Bertz CT molecular complexity index is 349. The molecule has 0 atom stereocenters. The van der Waals surface area contributed by atoms with E-state index < -0.39 is 0 Å². The zero-order valence-electron chi connectivity index (χ0n) is 9.98. The molecule has 0 spiro atoms. The van der Waals surface area contributed by atoms with Crippen LogP contribution in [-0.2, 0) is 9.59 Å². The van der Waals surface area contributed by atoms with Crippen LogP contribution in [0.2, 0.25) is 0 Å². The van der Waals surface area contributed by atoms with E-state index in [1.807, 2.05) is 13.0 Å². The van der Waals surface area contributed by atoms with Crippen LogP contribution in [-0.4, -0.2) is 35.8 Å². The van der Waals surface area contributed by atoms with Crippen LogP contribution in [0.5, 0.6) is 0 Å². The Balaban J connectivity index is 2.33. The van der Waals surface area contributed by atoms with Crippen LogP contribution >= 0.6 is 0 Å². The van der Waals surface area contributed by atoms with Crippen molar-refractivity contribution in [2.45, 2.75) is 32.2 Å². The zero-order valence-corrected chi connectivity index (χ0v) is 9.98. The van der Waals surface area contributed by atoms with E-state index in [9.17, 15) is 9.59 Å². The largest absolute Gasteiger partial charge is 0.352 e. The topological polar surface area (TPSA) is 73.2 Å². The van der Waals surface area contributed by atoms with Gasteiger partial charge in [-0.15, -0.1) is 0 Å². The molecule has 92 valence electrons. The fourth-order valence-electron chi connectivity index (χ4n) is 1.84. The third-order valence-corrected chi connectivity index (χ3v) is 2.72. The molecule has 5 nitrogen and oxygen atoms in total. The second-order valence-corrected chi connectivity index (χ2v) is 4.00. The molecule has 1 heterocycles. The summed E-state index contributed by atoms with van der Waals surface area (Å²) in [7, 11) is 0. The molecule has 17 heavy (non-hydrogen) atoms. The summed E-state index contributed by atoms with van der Waals surface area (Å²) in [5.41, 5.74) is 0. The van der Waals surface area contributed by atoms with Gasteiger partial charge in [-0.25, -0.2) is 0 Å². The fraction of sp³-hybridized carbons (Fsp3) is 0.583. The predicted molar refractivity (Wildman–Crippen MR) is 62.8 cm³/mol. The second-order valence-electron chi connectivity index (χ2n) is 4.00. The van der Waals surface area contributed by atoms with E-state index >= 15 is 0 Å². The van der Waals surface area contributed by atoms with Gasteiger partial charge in [-0.3, -0.25) is 9.59 Å². The molecule has 0 saturated carbocycles. The normalized spacial score (nSPS) is 16.8. The molecule has 1 saturated heterocycles. The van der Waals surface area contributed by atoms with Gasteiger partial charge in [-0.1, -0.05) is 6.08 Å². The first-order valence-electron chi connectivity index (χ1n) is 5.75. The van der Waals surface area contributed by atoms with E-state index in [0.717, 1.165) is 12.8 Å². The zero-order chi connectivity index (χ0) is 12.7. The van der Waals surface area contributed by atoms with Crippen molar-refractivity contribution in [2.24, 2.45) is 0 Å². The maximum Gasteiger partial charge on any atom is 0.246 e. The number of carbonyl (C=O) groups is 2. The first-order chi connectivity index (χ1) is 8.17. The van der Waals surface area contributed by atoms with Crippen LogP contribution in [0.15, 0.2) is 12.2 Å². The summed E-state index contributed by atoms with van der Waals surface area (Å²) < 4.78 is 0. The van der Waals surface area contributed by atoms with Gasteiger partial charge < -0.3 is 10.2 Å². The molecule has 0 aliphatic carbocycles. The minimum Gasteiger partial charge on any atom is -0.352 e. The van der Waals surface area contributed by atoms with Gasteiger partial charge in [0.15, 0.2) is 0 Å². The molecule has 0 aromatic heterocycles. The Labute approximate surface area is 101 Å². The van der Waals surface area contributed by atoms with Crippen LogP contribution < -0.4 is 5.32 Å². The summed E-state index contributed by atoms with van der Waals surface area (Å²) in [6.07, 6.45) is 4.68. The molecule has 0 unspecified atom stereocenters. The predicted octanol–water partition coefficient (Wildman–Crippen LogP) is 0.583. The number of piperidine rings is 1. The molecule has 5 heteroatoms. The lowest BCUT2D eigenvalue weighted by Gasteiger charge is -2.31. The number of carbonyl (C=O) groups excluding carboxylic acids is 2. The molecule has 0 aromatic rings. The number of nitrogens with one attached hydrogen (secondary N) is 1. The maximum atomic E-state index is 11.5. The molecule has 1 fully saturated rings. The van der Waals surface area contributed by atoms with Gasteiger partial charge in [-0.05, 0) is 25.8 Å². The van der Waals surface area contributed by atoms with Crippen molar-refractivity contribution in [3.63, 3.8) is 0 Å². The summed E-state index contributed by atoms with van der Waals surface area (Å²) in [5.74, 6) is -0.208. The average Bonchev–Trinajstić information content (AvgIpc) is 2.30. The fourth-order valence-corrected chi connectivity index (χ4v) is 1.84. The van der Waals surface area contributed by atoms with E-state index in [-0.39, 0.29) is 24.3 Å². The number of rotatable bonds is 3. The molecule has 0 aromatic carbocycles. The summed E-state index contributed by atoms with van der Waals surface area (Å²) in [4.78, 5) is 24.5. The molecule has 1 N–H and O–H groups in total. The number of allylic oxidation sites excluding steroid dienone is 1. The van der Waals surface area contributed by atoms with Gasteiger partial charge in [0.25, 0.3) is 0 Å². The molecule has 0 bridgehead atoms. The van der Waals surface area contributed by atoms with E-state index in [0.29, 0.717) is 13.1 Å². The molecule has 1 aliphatic heterocycles. The molecular formula is C12H17N3O2. The Morgan fingerprint density at radius 3 is 2.65 bits per heavy atom. The molecular weight excluding hydrogens is 218 g/mol. The Kier molecular flexibility index (Phi) is 5.21. The van der Waals surface area contributed by atoms with Crippen molar-refractivity contribution in [3.8, 4) is 6.07 Å². The van der Waals surface area contributed by atoms with Crippen LogP contribution in [0, 0.1) is 11.3 Å². The van der Waals surface area contributed by atoms with Gasteiger partial charge in [0, 0.05) is 19.1 Å². The highest BCUT2D eigenvalue weighted by molar-refractivity contribution is 5.87. The number of amides is 2. The standard InChI is InChI=1S/C12H17N3O2/c1-2-3-12(17)15-8-5-10(6-9-15)14-11(16)4-7-13/h2-3,10H,4-6,8-9H2,1H3,(H,14,16)/b3-2+. The highest BCUT2D eigenvalue weighted by atomic mass is 16.2. The smallest absolute Gasteiger partial charge is 0.246 e. The van der Waals surface area contributed by atoms with Crippen LogP contribution in [0.3, 0.4) is 0 Å². The van der Waals surface area contributed by atoms with Gasteiger partial charge in [0.05, 0.1) is 6.07 Å². The lowest BCUT2D eigenvalue weighted by Crippen LogP contribution is -2.46. The van der Waals surface area contributed by atoms with Crippen LogP contribution in [0.25, 0.3) is 0 Å². The minimum absolute atomic E-state index is 0.0225. The summed E-state index contributed by atoms with van der Waals surface area (Å²) >= 11 is 0. The average molecular weight is 235 g/mol. The van der Waals surface area contributed by atoms with E-state index in [1.165, 1.54) is 0 Å². The maximum absolute atomic E-state index is 11.5. The summed E-state index contributed by atoms with van der Waals surface area (Å²) in [6.45, 7) is 3.12. The third kappa shape index (κ3) is 4.27. The number of hydrogen-bond donors (Lipinski definition) is 1. The summed E-state index contributed by atoms with van der Waals surface area (Å²) in [5, 5.41) is 11.2. The molecule has 1 rings (SSSR count). The third-order valence-electron chi connectivity index (χ3n) is 2.72. The SMILES string of the molecule is C/C=C/C(=O)N1CCC(NC(=O)CC#N)CC1. The van der Waals surface area contributed by atoms with Crippen molar-refractivity contribution < 1.29 is 9.59 Å². The van der Waals surface area contributed by atoms with Crippen LogP contribution in [0.1, 0.15) is 26.2 Å². The highest BCUT2D eigenvalue weighted by Crippen LogP contribution is 2.10. The van der Waals surface area contributed by atoms with E-state index in [2.05, 4.69) is 5.32 Å². The van der Waals surface area contributed by atoms with Gasteiger partial charge in [0.1, 0.15) is 6.42 Å². The monoisotopic (exact) mass is 235 g/mol. The lowest BCUT2D eigenvalue weighted by atomic mass is 10.0. The van der Waals surface area contributed by atoms with Crippen molar-refractivity contribution in [1.29, 1.82) is 5.26 Å². The Morgan fingerprint density at radius 1 is 1.47 bits per heavy atom. The number of nitriles is 1.